The van der Waals surface area contributed by atoms with Gasteiger partial charge in [-0.1, -0.05) is 56.2 Å². The second-order valence-corrected chi connectivity index (χ2v) is 4.59. The molecule has 0 nitrogen and oxygen atoms in total. The Morgan fingerprint density at radius 2 is 1.93 bits per heavy atom. The number of allylic oxidation sites excluding steroid dienone is 1. The van der Waals surface area contributed by atoms with Gasteiger partial charge in [-0.15, -0.1) is 0 Å². The van der Waals surface area contributed by atoms with Crippen molar-refractivity contribution in [3.05, 3.63) is 40.5 Å². The predicted octanol–water partition coefficient (Wildman–Crippen LogP) is 4.75. The summed E-state index contributed by atoms with van der Waals surface area (Å²) in [6.07, 6.45) is 3.49. The summed E-state index contributed by atoms with van der Waals surface area (Å²) in [5.41, 5.74) is 5.61. The fraction of sp³-hybridized carbons (Fsp3) is 0.467. The van der Waals surface area contributed by atoms with Crippen LogP contribution in [0.2, 0.25) is 0 Å². The van der Waals surface area contributed by atoms with Gasteiger partial charge in [-0.25, -0.2) is 0 Å². The van der Waals surface area contributed by atoms with Crippen LogP contribution in [0.5, 0.6) is 0 Å². The molecule has 0 aliphatic carbocycles. The molecule has 15 heavy (non-hydrogen) atoms. The maximum absolute atomic E-state index is 2.35. The van der Waals surface area contributed by atoms with Crippen molar-refractivity contribution in [1.29, 1.82) is 0 Å². The maximum atomic E-state index is 2.35. The molecule has 0 radical (unpaired) electrons. The van der Waals surface area contributed by atoms with E-state index < -0.39 is 0 Å². The number of aryl methyl sites for hydroxylation is 2. The minimum atomic E-state index is 0.649. The van der Waals surface area contributed by atoms with E-state index in [2.05, 4.69) is 58.9 Å². The molecule has 0 N–H and O–H groups in total. The van der Waals surface area contributed by atoms with E-state index in [4.69, 9.17) is 0 Å². The Bertz CT molecular complexity index is 356. The lowest BCUT2D eigenvalue weighted by Crippen LogP contribution is -1.93. The largest absolute Gasteiger partial charge is 0.0673 e. The molecular formula is C15H22. The first-order valence-electron chi connectivity index (χ1n) is 5.82. The van der Waals surface area contributed by atoms with E-state index in [1.165, 1.54) is 22.3 Å². The summed E-state index contributed by atoms with van der Waals surface area (Å²) >= 11 is 0. The maximum Gasteiger partial charge on any atom is -0.0228 e. The van der Waals surface area contributed by atoms with Crippen LogP contribution in [0.4, 0.5) is 0 Å². The Morgan fingerprint density at radius 3 is 2.40 bits per heavy atom. The van der Waals surface area contributed by atoms with Crippen molar-refractivity contribution in [2.24, 2.45) is 5.92 Å². The van der Waals surface area contributed by atoms with Gasteiger partial charge in [0, 0.05) is 0 Å². The van der Waals surface area contributed by atoms with Crippen LogP contribution in [0.3, 0.4) is 0 Å². The van der Waals surface area contributed by atoms with E-state index in [1.807, 2.05) is 0 Å². The molecule has 0 saturated carbocycles. The van der Waals surface area contributed by atoms with Gasteiger partial charge in [0.2, 0.25) is 0 Å². The summed E-state index contributed by atoms with van der Waals surface area (Å²) in [6, 6.07) is 6.66. The summed E-state index contributed by atoms with van der Waals surface area (Å²) in [5.74, 6) is 0.649. The third-order valence-electron chi connectivity index (χ3n) is 2.92. The van der Waals surface area contributed by atoms with Crippen molar-refractivity contribution >= 4 is 6.08 Å². The Balaban J connectivity index is 3.06. The number of hydrogen-bond acceptors (Lipinski definition) is 0. The van der Waals surface area contributed by atoms with Gasteiger partial charge in [-0.2, -0.15) is 0 Å². The van der Waals surface area contributed by atoms with Gasteiger partial charge in [0.15, 0.2) is 0 Å². The molecule has 0 aromatic heterocycles. The second kappa shape index (κ2) is 5.16. The van der Waals surface area contributed by atoms with Gasteiger partial charge in [0.1, 0.15) is 0 Å². The topological polar surface area (TPSA) is 0 Å². The van der Waals surface area contributed by atoms with Crippen LogP contribution in [-0.2, 0) is 0 Å². The Hall–Kier alpha value is -1.04. The highest BCUT2D eigenvalue weighted by atomic mass is 14.1. The summed E-state index contributed by atoms with van der Waals surface area (Å²) < 4.78 is 0. The minimum Gasteiger partial charge on any atom is -0.0673 e. The standard InChI is InChI=1S/C15H22/c1-6-14(11(2)3)10-15-8-7-12(4)9-13(15)5/h7-11H,6H2,1-5H3/b14-10+. The third-order valence-corrected chi connectivity index (χ3v) is 2.92. The van der Waals surface area contributed by atoms with E-state index >= 15 is 0 Å². The molecule has 0 amide bonds. The lowest BCUT2D eigenvalue weighted by Gasteiger charge is -2.10. The van der Waals surface area contributed by atoms with Crippen molar-refractivity contribution < 1.29 is 0 Å². The second-order valence-electron chi connectivity index (χ2n) is 4.59. The first kappa shape index (κ1) is 12.0. The summed E-state index contributed by atoms with van der Waals surface area (Å²) in [6.45, 7) is 11.1. The number of rotatable bonds is 3. The summed E-state index contributed by atoms with van der Waals surface area (Å²) in [4.78, 5) is 0. The average Bonchev–Trinajstić information content (AvgIpc) is 2.16. The van der Waals surface area contributed by atoms with Crippen LogP contribution in [0.25, 0.3) is 6.08 Å². The van der Waals surface area contributed by atoms with E-state index in [0.29, 0.717) is 5.92 Å². The summed E-state index contributed by atoms with van der Waals surface area (Å²) in [5, 5.41) is 0. The molecule has 0 aliphatic rings. The van der Waals surface area contributed by atoms with E-state index in [-0.39, 0.29) is 0 Å². The van der Waals surface area contributed by atoms with Crippen LogP contribution in [0, 0.1) is 19.8 Å². The molecule has 1 rings (SSSR count). The van der Waals surface area contributed by atoms with Crippen molar-refractivity contribution in [2.75, 3.05) is 0 Å². The van der Waals surface area contributed by atoms with E-state index in [9.17, 15) is 0 Å². The zero-order chi connectivity index (χ0) is 11.4. The zero-order valence-electron chi connectivity index (χ0n) is 10.6. The first-order chi connectivity index (χ1) is 7.04. The predicted molar refractivity (Wildman–Crippen MR) is 69.0 cm³/mol. The van der Waals surface area contributed by atoms with Crippen LogP contribution in [0.15, 0.2) is 23.8 Å². The van der Waals surface area contributed by atoms with Crippen LogP contribution < -0.4 is 0 Å². The number of hydrogen-bond donors (Lipinski definition) is 0. The molecule has 0 heteroatoms. The smallest absolute Gasteiger partial charge is 0.0228 e. The average molecular weight is 202 g/mol. The van der Waals surface area contributed by atoms with E-state index in [1.54, 1.807) is 0 Å². The van der Waals surface area contributed by atoms with Gasteiger partial charge in [-0.3, -0.25) is 0 Å². The highest BCUT2D eigenvalue weighted by molar-refractivity contribution is 5.57. The third kappa shape index (κ3) is 3.23. The molecule has 0 spiro atoms. The fourth-order valence-corrected chi connectivity index (χ4v) is 1.86. The van der Waals surface area contributed by atoms with Crippen molar-refractivity contribution in [2.45, 2.75) is 41.0 Å². The van der Waals surface area contributed by atoms with Crippen LogP contribution >= 0.6 is 0 Å². The monoisotopic (exact) mass is 202 g/mol. The zero-order valence-corrected chi connectivity index (χ0v) is 10.6. The first-order valence-corrected chi connectivity index (χ1v) is 5.82. The molecular weight excluding hydrogens is 180 g/mol. The lowest BCUT2D eigenvalue weighted by atomic mass is 9.96. The fourth-order valence-electron chi connectivity index (χ4n) is 1.86. The highest BCUT2D eigenvalue weighted by Gasteiger charge is 2.02. The molecule has 0 atom stereocenters. The molecule has 0 heterocycles. The molecule has 1 aromatic carbocycles. The SMILES string of the molecule is CC/C(=C\c1ccc(C)cc1C)C(C)C. The van der Waals surface area contributed by atoms with Gasteiger partial charge >= 0.3 is 0 Å². The molecule has 1 aromatic rings. The highest BCUT2D eigenvalue weighted by Crippen LogP contribution is 2.20. The normalized spacial score (nSPS) is 12.3. The van der Waals surface area contributed by atoms with Crippen LogP contribution in [-0.4, -0.2) is 0 Å². The Morgan fingerprint density at radius 1 is 1.27 bits per heavy atom. The molecule has 0 fully saturated rings. The lowest BCUT2D eigenvalue weighted by molar-refractivity contribution is 0.739. The van der Waals surface area contributed by atoms with Gasteiger partial charge < -0.3 is 0 Å². The quantitative estimate of drug-likeness (QED) is 0.663. The van der Waals surface area contributed by atoms with Crippen molar-refractivity contribution in [1.82, 2.24) is 0 Å². The van der Waals surface area contributed by atoms with E-state index in [0.717, 1.165) is 6.42 Å². The molecule has 0 aliphatic heterocycles. The van der Waals surface area contributed by atoms with Gasteiger partial charge in [0.25, 0.3) is 0 Å². The van der Waals surface area contributed by atoms with Crippen LogP contribution in [0.1, 0.15) is 43.9 Å². The minimum absolute atomic E-state index is 0.649. The van der Waals surface area contributed by atoms with Gasteiger partial charge in [0.05, 0.1) is 0 Å². The van der Waals surface area contributed by atoms with Gasteiger partial charge in [-0.05, 0) is 37.3 Å². The van der Waals surface area contributed by atoms with Crippen molar-refractivity contribution in [3.8, 4) is 0 Å². The number of benzene rings is 1. The molecule has 0 unspecified atom stereocenters. The molecule has 82 valence electrons. The Labute approximate surface area is 94.0 Å². The Kier molecular flexibility index (Phi) is 4.14. The summed E-state index contributed by atoms with van der Waals surface area (Å²) in [7, 11) is 0. The van der Waals surface area contributed by atoms with Crippen molar-refractivity contribution in [3.63, 3.8) is 0 Å². The molecule has 0 bridgehead atoms. The molecule has 0 saturated heterocycles.